The van der Waals surface area contributed by atoms with E-state index in [0.29, 0.717) is 13.1 Å². The molecule has 1 saturated heterocycles. The van der Waals surface area contributed by atoms with Gasteiger partial charge >= 0.3 is 6.03 Å². The fourth-order valence-corrected chi connectivity index (χ4v) is 5.13. The van der Waals surface area contributed by atoms with Crippen molar-refractivity contribution in [3.63, 3.8) is 0 Å². The summed E-state index contributed by atoms with van der Waals surface area (Å²) in [5.74, 6) is 0. The average Bonchev–Trinajstić information content (AvgIpc) is 3.37. The number of aromatic nitrogens is 1. The molecule has 3 aromatic carbocycles. The van der Waals surface area contributed by atoms with Gasteiger partial charge in [-0.05, 0) is 11.1 Å². The summed E-state index contributed by atoms with van der Waals surface area (Å²) >= 11 is 1.70. The highest BCUT2D eigenvalue weighted by Gasteiger charge is 2.25. The number of piperazine rings is 1. The minimum atomic E-state index is -0.167. The number of nitrogens with zero attached hydrogens (tertiary/aromatic N) is 3. The van der Waals surface area contributed by atoms with Gasteiger partial charge < -0.3 is 10.2 Å². The monoisotopic (exact) mass is 468 g/mol. The van der Waals surface area contributed by atoms with E-state index < -0.39 is 0 Å². The number of hydrogen-bond acceptors (Lipinski definition) is 4. The van der Waals surface area contributed by atoms with Crippen LogP contribution in [0.4, 0.5) is 4.79 Å². The van der Waals surface area contributed by atoms with Crippen LogP contribution in [0.25, 0.3) is 11.3 Å². The Morgan fingerprint density at radius 2 is 1.38 bits per heavy atom. The van der Waals surface area contributed by atoms with E-state index in [9.17, 15) is 4.79 Å². The van der Waals surface area contributed by atoms with Crippen molar-refractivity contribution in [3.8, 4) is 11.3 Å². The summed E-state index contributed by atoms with van der Waals surface area (Å²) in [6, 6.07) is 30.4. The first-order valence-electron chi connectivity index (χ1n) is 11.6. The Morgan fingerprint density at radius 3 is 1.97 bits per heavy atom. The van der Waals surface area contributed by atoms with E-state index in [0.717, 1.165) is 47.0 Å². The van der Waals surface area contributed by atoms with E-state index in [2.05, 4.69) is 52.0 Å². The predicted octanol–water partition coefficient (Wildman–Crippen LogP) is 5.43. The van der Waals surface area contributed by atoms with Gasteiger partial charge in [-0.3, -0.25) is 4.90 Å². The molecule has 1 aliphatic heterocycles. The molecular formula is C28H28N4OS. The maximum Gasteiger partial charge on any atom is 0.318 e. The summed E-state index contributed by atoms with van der Waals surface area (Å²) in [7, 11) is 0. The van der Waals surface area contributed by atoms with Crippen molar-refractivity contribution in [2.24, 2.45) is 0 Å². The third-order valence-electron chi connectivity index (χ3n) is 6.17. The topological polar surface area (TPSA) is 48.5 Å². The maximum atomic E-state index is 13.2. The fraction of sp³-hybridized carbons (Fsp3) is 0.214. The normalized spacial score (nSPS) is 14.3. The Labute approximate surface area is 204 Å². The number of urea groups is 1. The van der Waals surface area contributed by atoms with Gasteiger partial charge in [-0.15, -0.1) is 11.3 Å². The highest BCUT2D eigenvalue weighted by Crippen LogP contribution is 2.24. The lowest BCUT2D eigenvalue weighted by Crippen LogP contribution is -2.52. The quantitative estimate of drug-likeness (QED) is 0.411. The molecule has 172 valence electrons. The Bertz CT molecular complexity index is 1150. The summed E-state index contributed by atoms with van der Waals surface area (Å²) in [4.78, 5) is 22.3. The van der Waals surface area contributed by atoms with E-state index >= 15 is 0 Å². The highest BCUT2D eigenvalue weighted by molar-refractivity contribution is 7.09. The number of hydrogen-bond donors (Lipinski definition) is 1. The molecule has 0 spiro atoms. The number of nitrogens with one attached hydrogen (secondary N) is 1. The number of carbonyl (C=O) groups is 1. The molecule has 1 aromatic heterocycles. The van der Waals surface area contributed by atoms with E-state index in [4.69, 9.17) is 4.98 Å². The van der Waals surface area contributed by atoms with Crippen LogP contribution in [0, 0.1) is 0 Å². The van der Waals surface area contributed by atoms with Crippen molar-refractivity contribution in [1.29, 1.82) is 0 Å². The first-order chi connectivity index (χ1) is 16.8. The van der Waals surface area contributed by atoms with Crippen LogP contribution in [0.1, 0.15) is 22.2 Å². The Hall–Kier alpha value is -3.48. The summed E-state index contributed by atoms with van der Waals surface area (Å²) in [5, 5.41) is 6.51. The third kappa shape index (κ3) is 5.35. The van der Waals surface area contributed by atoms with E-state index in [1.807, 2.05) is 59.5 Å². The number of thiazole rings is 1. The molecule has 5 nitrogen and oxygen atoms in total. The first-order valence-corrected chi connectivity index (χ1v) is 12.5. The lowest BCUT2D eigenvalue weighted by atomic mass is 9.99. The molecule has 0 unspecified atom stereocenters. The molecule has 34 heavy (non-hydrogen) atoms. The van der Waals surface area contributed by atoms with Crippen molar-refractivity contribution in [2.45, 2.75) is 12.6 Å². The van der Waals surface area contributed by atoms with Gasteiger partial charge in [0, 0.05) is 37.1 Å². The van der Waals surface area contributed by atoms with Crippen LogP contribution in [0.15, 0.2) is 96.4 Å². The molecule has 0 radical (unpaired) electrons. The summed E-state index contributed by atoms with van der Waals surface area (Å²) in [6.45, 7) is 3.92. The Morgan fingerprint density at radius 1 is 0.824 bits per heavy atom. The molecule has 0 aliphatic carbocycles. The smallest absolute Gasteiger partial charge is 0.318 e. The summed E-state index contributed by atoms with van der Waals surface area (Å²) in [6.07, 6.45) is 0. The zero-order valence-corrected chi connectivity index (χ0v) is 19.8. The second-order valence-corrected chi connectivity index (χ2v) is 9.40. The third-order valence-corrected chi connectivity index (χ3v) is 7.01. The molecule has 0 atom stereocenters. The Kier molecular flexibility index (Phi) is 6.98. The SMILES string of the molecule is O=C(NC(c1ccccc1)c1ccccc1)N1CCN(Cc2nc(-c3ccccc3)cs2)CC1. The second-order valence-electron chi connectivity index (χ2n) is 8.46. The lowest BCUT2D eigenvalue weighted by Gasteiger charge is -2.35. The molecule has 0 bridgehead atoms. The molecule has 1 aliphatic rings. The molecule has 4 aromatic rings. The highest BCUT2D eigenvalue weighted by atomic mass is 32.1. The van der Waals surface area contributed by atoms with E-state index in [1.165, 1.54) is 0 Å². The molecule has 2 amide bonds. The van der Waals surface area contributed by atoms with Crippen molar-refractivity contribution in [2.75, 3.05) is 26.2 Å². The Balaban J connectivity index is 1.18. The largest absolute Gasteiger partial charge is 0.327 e. The minimum Gasteiger partial charge on any atom is -0.327 e. The zero-order chi connectivity index (χ0) is 23.2. The molecule has 2 heterocycles. The van der Waals surface area contributed by atoms with Gasteiger partial charge in [0.2, 0.25) is 0 Å². The number of benzene rings is 3. The van der Waals surface area contributed by atoms with Gasteiger partial charge in [-0.2, -0.15) is 0 Å². The number of rotatable bonds is 6. The fourth-order valence-electron chi connectivity index (χ4n) is 4.29. The van der Waals surface area contributed by atoms with Gasteiger partial charge in [0.15, 0.2) is 0 Å². The van der Waals surface area contributed by atoms with Crippen LogP contribution in [-0.2, 0) is 6.54 Å². The molecule has 5 rings (SSSR count). The van der Waals surface area contributed by atoms with Gasteiger partial charge in [-0.25, -0.2) is 9.78 Å². The van der Waals surface area contributed by atoms with Gasteiger partial charge in [0.1, 0.15) is 5.01 Å². The van der Waals surface area contributed by atoms with Crippen LogP contribution in [0.2, 0.25) is 0 Å². The van der Waals surface area contributed by atoms with Crippen LogP contribution in [-0.4, -0.2) is 47.0 Å². The molecule has 1 fully saturated rings. The van der Waals surface area contributed by atoms with E-state index in [1.54, 1.807) is 11.3 Å². The number of amides is 2. The standard InChI is InChI=1S/C28H28N4OS/c33-28(30-27(23-12-6-2-7-13-23)24-14-8-3-9-15-24)32-18-16-31(17-19-32)20-26-29-25(21-34-26)22-10-4-1-5-11-22/h1-15,21,27H,16-20H2,(H,30,33). The molecule has 1 N–H and O–H groups in total. The number of carbonyl (C=O) groups excluding carboxylic acids is 1. The zero-order valence-electron chi connectivity index (χ0n) is 19.0. The van der Waals surface area contributed by atoms with Crippen molar-refractivity contribution in [3.05, 3.63) is 113 Å². The van der Waals surface area contributed by atoms with Crippen LogP contribution in [0.5, 0.6) is 0 Å². The molecule has 6 heteroatoms. The van der Waals surface area contributed by atoms with Crippen LogP contribution >= 0.6 is 11.3 Å². The summed E-state index contributed by atoms with van der Waals surface area (Å²) in [5.41, 5.74) is 4.35. The maximum absolute atomic E-state index is 13.2. The van der Waals surface area contributed by atoms with E-state index in [-0.39, 0.29) is 12.1 Å². The van der Waals surface area contributed by atoms with Gasteiger partial charge in [0.05, 0.1) is 18.3 Å². The average molecular weight is 469 g/mol. The van der Waals surface area contributed by atoms with Crippen LogP contribution in [0.3, 0.4) is 0 Å². The van der Waals surface area contributed by atoms with Crippen molar-refractivity contribution in [1.82, 2.24) is 20.1 Å². The predicted molar refractivity (Wildman–Crippen MR) is 138 cm³/mol. The molecule has 0 saturated carbocycles. The second kappa shape index (κ2) is 10.6. The summed E-state index contributed by atoms with van der Waals surface area (Å²) < 4.78 is 0. The van der Waals surface area contributed by atoms with Crippen LogP contribution < -0.4 is 5.32 Å². The van der Waals surface area contributed by atoms with Crippen molar-refractivity contribution >= 4 is 17.4 Å². The molecular weight excluding hydrogens is 440 g/mol. The van der Waals surface area contributed by atoms with Gasteiger partial charge in [-0.1, -0.05) is 91.0 Å². The minimum absolute atomic E-state index is 0.0158. The van der Waals surface area contributed by atoms with Gasteiger partial charge in [0.25, 0.3) is 0 Å². The lowest BCUT2D eigenvalue weighted by molar-refractivity contribution is 0.134. The first kappa shape index (κ1) is 22.3. The van der Waals surface area contributed by atoms with Crippen molar-refractivity contribution < 1.29 is 4.79 Å².